The van der Waals surface area contributed by atoms with Crippen molar-refractivity contribution in [1.29, 1.82) is 0 Å². The van der Waals surface area contributed by atoms with E-state index in [-0.39, 0.29) is 36.2 Å². The number of likely N-dealkylation sites (N-methyl/N-ethyl adjacent to an activating group) is 1. The van der Waals surface area contributed by atoms with Crippen molar-refractivity contribution < 1.29 is 38.2 Å². The predicted molar refractivity (Wildman–Crippen MR) is 247 cm³/mol. The van der Waals surface area contributed by atoms with Crippen LogP contribution in [0.15, 0.2) is 72.9 Å². The summed E-state index contributed by atoms with van der Waals surface area (Å²) in [6.07, 6.45) is 52.3. The third kappa shape index (κ3) is 40.0. The van der Waals surface area contributed by atoms with Gasteiger partial charge in [-0.25, -0.2) is 4.79 Å². The zero-order valence-corrected chi connectivity index (χ0v) is 38.4. The number of rotatable bonds is 41. The maximum atomic E-state index is 12.8. The molecule has 0 bridgehead atoms. The summed E-state index contributed by atoms with van der Waals surface area (Å²) in [5.41, 5.74) is 0. The number of allylic oxidation sites excluding steroid dienone is 12. The summed E-state index contributed by atoms with van der Waals surface area (Å²) in [6, 6.07) is -0.623. The molecule has 0 radical (unpaired) electrons. The lowest BCUT2D eigenvalue weighted by Gasteiger charge is -2.31. The summed E-state index contributed by atoms with van der Waals surface area (Å²) in [6.45, 7) is 4.55. The Morgan fingerprint density at radius 2 is 1.00 bits per heavy atom. The summed E-state index contributed by atoms with van der Waals surface area (Å²) in [4.78, 5) is 37.1. The fourth-order valence-corrected chi connectivity index (χ4v) is 6.48. The molecule has 0 aromatic carbocycles. The molecule has 0 spiro atoms. The third-order valence-corrected chi connectivity index (χ3v) is 10.1. The quantitative estimate of drug-likeness (QED) is 0.0215. The normalized spacial score (nSPS) is 13.6. The Kier molecular flexibility index (Phi) is 39.2. The summed E-state index contributed by atoms with van der Waals surface area (Å²) >= 11 is 0. The average molecular weight is 827 g/mol. The van der Waals surface area contributed by atoms with Crippen LogP contribution < -0.4 is 0 Å². The first-order valence-electron chi connectivity index (χ1n) is 23.5. The van der Waals surface area contributed by atoms with Crippen LogP contribution in [0.3, 0.4) is 0 Å². The molecule has 0 saturated heterocycles. The Morgan fingerprint density at radius 3 is 1.53 bits per heavy atom. The van der Waals surface area contributed by atoms with E-state index in [1.54, 1.807) is 0 Å². The minimum absolute atomic E-state index is 0.0462. The topological polar surface area (TPSA) is 99.1 Å². The first kappa shape index (κ1) is 55.8. The molecule has 0 aliphatic heterocycles. The number of hydrogen-bond acceptors (Lipinski definition) is 6. The fraction of sp³-hybridized carbons (Fsp3) is 0.706. The number of carbonyl (C=O) groups is 3. The van der Waals surface area contributed by atoms with Crippen molar-refractivity contribution in [3.05, 3.63) is 72.9 Å². The number of carboxylic acid groups (broad SMARTS) is 1. The van der Waals surface area contributed by atoms with Crippen molar-refractivity contribution in [3.63, 3.8) is 0 Å². The lowest BCUT2D eigenvalue weighted by atomic mass is 10.1. The molecule has 0 saturated carbocycles. The highest BCUT2D eigenvalue weighted by Crippen LogP contribution is 2.14. The lowest BCUT2D eigenvalue weighted by molar-refractivity contribution is -0.887. The standard InChI is InChI=1S/C51H87NO7/c1-6-8-10-12-14-16-18-20-22-24-25-26-28-30-32-34-36-38-40-42-50(54)59-47(45-57-44-43-48(51(55)56)52(3,4)5)46-58-49(53)41-39-37-35-33-31-29-27-23-21-19-17-15-13-11-9-7-2/h9,11,14-18,20-21,23,29,31,47-48H,6-8,10,12-13,19,22,24-28,30,32-46H2,1-5H3/p+1/b11-9+,16-14+,17-15+,20-18+,23-21+,31-29+. The van der Waals surface area contributed by atoms with E-state index in [0.717, 1.165) is 70.6 Å². The maximum absolute atomic E-state index is 12.8. The van der Waals surface area contributed by atoms with Gasteiger partial charge < -0.3 is 23.8 Å². The smallest absolute Gasteiger partial charge is 0.362 e. The van der Waals surface area contributed by atoms with Crippen LogP contribution in [0.25, 0.3) is 0 Å². The minimum Gasteiger partial charge on any atom is -0.477 e. The molecular weight excluding hydrogens is 739 g/mol. The second-order valence-corrected chi connectivity index (χ2v) is 16.7. The lowest BCUT2D eigenvalue weighted by Crippen LogP contribution is -2.50. The van der Waals surface area contributed by atoms with Gasteiger partial charge in [-0.15, -0.1) is 0 Å². The highest BCUT2D eigenvalue weighted by molar-refractivity contribution is 5.72. The Balaban J connectivity index is 4.36. The van der Waals surface area contributed by atoms with Gasteiger partial charge in [-0.05, 0) is 77.0 Å². The van der Waals surface area contributed by atoms with Gasteiger partial charge in [0.2, 0.25) is 0 Å². The largest absolute Gasteiger partial charge is 0.477 e. The number of carbonyl (C=O) groups excluding carboxylic acids is 2. The summed E-state index contributed by atoms with van der Waals surface area (Å²) < 4.78 is 17.3. The van der Waals surface area contributed by atoms with E-state index in [1.165, 1.54) is 77.0 Å². The van der Waals surface area contributed by atoms with Gasteiger partial charge in [-0.1, -0.05) is 157 Å². The minimum atomic E-state index is -0.882. The molecule has 0 amide bonds. The number of esters is 2. The molecule has 0 aromatic heterocycles. The first-order chi connectivity index (χ1) is 28.6. The van der Waals surface area contributed by atoms with E-state index in [1.807, 2.05) is 21.1 Å². The summed E-state index contributed by atoms with van der Waals surface area (Å²) in [7, 11) is 5.51. The molecule has 0 fully saturated rings. The maximum Gasteiger partial charge on any atom is 0.362 e. The highest BCUT2D eigenvalue weighted by atomic mass is 16.6. The molecule has 0 aliphatic rings. The molecule has 8 nitrogen and oxygen atoms in total. The number of nitrogens with zero attached hydrogens (tertiary/aromatic N) is 1. The van der Waals surface area contributed by atoms with E-state index >= 15 is 0 Å². The number of aliphatic carboxylic acids is 1. The van der Waals surface area contributed by atoms with E-state index in [0.29, 0.717) is 19.3 Å². The number of hydrogen-bond donors (Lipinski definition) is 1. The van der Waals surface area contributed by atoms with Gasteiger partial charge in [-0.2, -0.15) is 0 Å². The van der Waals surface area contributed by atoms with Crippen LogP contribution in [0.1, 0.15) is 181 Å². The molecular formula is C51H88NO7+. The van der Waals surface area contributed by atoms with Crippen LogP contribution in [0.5, 0.6) is 0 Å². The van der Waals surface area contributed by atoms with Crippen molar-refractivity contribution in [3.8, 4) is 0 Å². The van der Waals surface area contributed by atoms with Gasteiger partial charge in [0.05, 0.1) is 34.4 Å². The van der Waals surface area contributed by atoms with Gasteiger partial charge in [0.15, 0.2) is 12.1 Å². The zero-order valence-electron chi connectivity index (χ0n) is 38.4. The van der Waals surface area contributed by atoms with Gasteiger partial charge in [-0.3, -0.25) is 9.59 Å². The predicted octanol–water partition coefficient (Wildman–Crippen LogP) is 13.1. The van der Waals surface area contributed by atoms with Gasteiger partial charge in [0.1, 0.15) is 6.61 Å². The monoisotopic (exact) mass is 827 g/mol. The van der Waals surface area contributed by atoms with Gasteiger partial charge in [0.25, 0.3) is 0 Å². The second-order valence-electron chi connectivity index (χ2n) is 16.7. The first-order valence-corrected chi connectivity index (χ1v) is 23.5. The van der Waals surface area contributed by atoms with Gasteiger partial charge in [0, 0.05) is 19.3 Å². The van der Waals surface area contributed by atoms with Crippen LogP contribution in [-0.4, -0.2) is 80.6 Å². The Morgan fingerprint density at radius 1 is 0.542 bits per heavy atom. The molecule has 2 atom stereocenters. The SMILES string of the molecule is CC/C=C/C/C=C/C/C=C/C/C=C/CCCCCC(=O)OCC(COCCC(C(=O)O)[N+](C)(C)C)OC(=O)CCCCCCCCCCCC/C=C/C=C/CCCCC. The fourth-order valence-electron chi connectivity index (χ4n) is 6.48. The van der Waals surface area contributed by atoms with Gasteiger partial charge >= 0.3 is 17.9 Å². The van der Waals surface area contributed by atoms with Crippen LogP contribution >= 0.6 is 0 Å². The Labute approximate surface area is 361 Å². The highest BCUT2D eigenvalue weighted by Gasteiger charge is 2.31. The van der Waals surface area contributed by atoms with Crippen molar-refractivity contribution in [2.24, 2.45) is 0 Å². The summed E-state index contributed by atoms with van der Waals surface area (Å²) in [5.74, 6) is -1.52. The van der Waals surface area contributed by atoms with E-state index < -0.39 is 18.1 Å². The molecule has 1 N–H and O–H groups in total. The number of quaternary nitrogens is 1. The van der Waals surface area contributed by atoms with E-state index in [9.17, 15) is 19.5 Å². The van der Waals surface area contributed by atoms with Crippen molar-refractivity contribution in [1.82, 2.24) is 0 Å². The molecule has 8 heteroatoms. The Hall–Kier alpha value is -3.23. The molecule has 2 unspecified atom stereocenters. The molecule has 0 rings (SSSR count). The van der Waals surface area contributed by atoms with E-state index in [4.69, 9.17) is 14.2 Å². The van der Waals surface area contributed by atoms with Crippen molar-refractivity contribution in [2.45, 2.75) is 193 Å². The van der Waals surface area contributed by atoms with Crippen molar-refractivity contribution in [2.75, 3.05) is 41.0 Å². The molecule has 338 valence electrons. The number of carboxylic acids is 1. The van der Waals surface area contributed by atoms with E-state index in [2.05, 4.69) is 86.8 Å². The molecule has 0 heterocycles. The Bertz CT molecular complexity index is 1190. The molecule has 59 heavy (non-hydrogen) atoms. The average Bonchev–Trinajstić information content (AvgIpc) is 3.19. The molecule has 0 aromatic rings. The van der Waals surface area contributed by atoms with Crippen LogP contribution in [-0.2, 0) is 28.6 Å². The third-order valence-electron chi connectivity index (χ3n) is 10.1. The zero-order chi connectivity index (χ0) is 43.5. The van der Waals surface area contributed by atoms with Crippen molar-refractivity contribution >= 4 is 17.9 Å². The van der Waals surface area contributed by atoms with Crippen LogP contribution in [0.2, 0.25) is 0 Å². The molecule has 0 aliphatic carbocycles. The second kappa shape index (κ2) is 41.5. The number of unbranched alkanes of at least 4 members (excludes halogenated alkanes) is 16. The van der Waals surface area contributed by atoms with Crippen LogP contribution in [0, 0.1) is 0 Å². The number of ether oxygens (including phenoxy) is 3. The summed E-state index contributed by atoms with van der Waals surface area (Å²) in [5, 5.41) is 9.63. The van der Waals surface area contributed by atoms with Crippen LogP contribution in [0.4, 0.5) is 0 Å².